The summed E-state index contributed by atoms with van der Waals surface area (Å²) < 4.78 is 7.40. The van der Waals surface area contributed by atoms with Crippen LogP contribution in [0.4, 0.5) is 0 Å². The van der Waals surface area contributed by atoms with Crippen LogP contribution in [0.3, 0.4) is 0 Å². The monoisotopic (exact) mass is 225 g/mol. The van der Waals surface area contributed by atoms with E-state index in [9.17, 15) is 0 Å². The second-order valence-electron chi connectivity index (χ2n) is 4.46. The summed E-state index contributed by atoms with van der Waals surface area (Å²) >= 11 is 0. The molecular formula is C10H19N5O. The Kier molecular flexibility index (Phi) is 3.52. The normalized spacial score (nSPS) is 27.2. The molecular weight excluding hydrogens is 206 g/mol. The molecule has 3 N–H and O–H groups in total. The van der Waals surface area contributed by atoms with Gasteiger partial charge in [-0.3, -0.25) is 16.0 Å². The lowest BCUT2D eigenvalue weighted by molar-refractivity contribution is 0.0607. The molecule has 0 spiro atoms. The van der Waals surface area contributed by atoms with Crippen LogP contribution in [0.1, 0.15) is 19.0 Å². The van der Waals surface area contributed by atoms with E-state index in [0.29, 0.717) is 5.92 Å². The van der Waals surface area contributed by atoms with Gasteiger partial charge in [-0.25, -0.2) is 0 Å². The molecule has 1 aliphatic rings. The van der Waals surface area contributed by atoms with Crippen LogP contribution in [0.5, 0.6) is 0 Å². The summed E-state index contributed by atoms with van der Waals surface area (Å²) in [6, 6.07) is 0.106. The Balaban J connectivity index is 2.00. The Morgan fingerprint density at radius 2 is 2.56 bits per heavy atom. The highest BCUT2D eigenvalue weighted by Gasteiger charge is 2.31. The van der Waals surface area contributed by atoms with Crippen LogP contribution >= 0.6 is 0 Å². The molecule has 0 amide bonds. The van der Waals surface area contributed by atoms with E-state index in [1.165, 1.54) is 0 Å². The number of nitrogens with two attached hydrogens (primary N) is 1. The number of hydrogen-bond donors (Lipinski definition) is 2. The third kappa shape index (κ3) is 2.40. The van der Waals surface area contributed by atoms with Gasteiger partial charge in [-0.15, -0.1) is 5.10 Å². The van der Waals surface area contributed by atoms with E-state index in [2.05, 4.69) is 22.7 Å². The van der Waals surface area contributed by atoms with Crippen LogP contribution in [0.2, 0.25) is 0 Å². The van der Waals surface area contributed by atoms with Crippen molar-refractivity contribution in [2.45, 2.75) is 31.9 Å². The summed E-state index contributed by atoms with van der Waals surface area (Å²) in [5.41, 5.74) is 3.77. The largest absolute Gasteiger partial charge is 0.376 e. The van der Waals surface area contributed by atoms with E-state index in [1.54, 1.807) is 4.68 Å². The van der Waals surface area contributed by atoms with Gasteiger partial charge in [0.05, 0.1) is 17.8 Å². The number of aromatic nitrogens is 3. The van der Waals surface area contributed by atoms with Crippen molar-refractivity contribution in [1.82, 2.24) is 20.4 Å². The maximum Gasteiger partial charge on any atom is 0.0844 e. The van der Waals surface area contributed by atoms with Crippen molar-refractivity contribution < 1.29 is 4.74 Å². The van der Waals surface area contributed by atoms with Crippen LogP contribution in [-0.4, -0.2) is 33.7 Å². The average Bonchev–Trinajstić information content (AvgIpc) is 2.84. The fraction of sp³-hybridized carbons (Fsp3) is 0.800. The molecule has 6 nitrogen and oxygen atoms in total. The number of nitrogens with zero attached hydrogens (tertiary/aromatic N) is 3. The zero-order valence-electron chi connectivity index (χ0n) is 9.76. The quantitative estimate of drug-likeness (QED) is 0.539. The molecule has 0 saturated carbocycles. The fourth-order valence-electron chi connectivity index (χ4n) is 2.22. The van der Waals surface area contributed by atoms with Crippen molar-refractivity contribution in [3.05, 3.63) is 11.9 Å². The van der Waals surface area contributed by atoms with Gasteiger partial charge >= 0.3 is 0 Å². The van der Waals surface area contributed by atoms with Crippen LogP contribution in [0.25, 0.3) is 0 Å². The van der Waals surface area contributed by atoms with Crippen LogP contribution in [-0.2, 0) is 18.2 Å². The van der Waals surface area contributed by atoms with Crippen molar-refractivity contribution in [3.8, 4) is 0 Å². The molecule has 90 valence electrons. The molecule has 0 aromatic carbocycles. The Hall–Kier alpha value is -0.980. The van der Waals surface area contributed by atoms with Gasteiger partial charge in [-0.2, -0.15) is 0 Å². The number of hydrogen-bond acceptors (Lipinski definition) is 5. The molecule has 6 heteroatoms. The third-order valence-corrected chi connectivity index (χ3v) is 3.13. The van der Waals surface area contributed by atoms with Crippen molar-refractivity contribution >= 4 is 0 Å². The molecule has 2 rings (SSSR count). The van der Waals surface area contributed by atoms with Gasteiger partial charge in [-0.1, -0.05) is 12.1 Å². The van der Waals surface area contributed by atoms with Crippen LogP contribution < -0.4 is 11.3 Å². The maximum absolute atomic E-state index is 5.70. The molecule has 0 radical (unpaired) electrons. The van der Waals surface area contributed by atoms with E-state index in [4.69, 9.17) is 10.6 Å². The molecule has 1 fully saturated rings. The van der Waals surface area contributed by atoms with Crippen molar-refractivity contribution in [2.75, 3.05) is 6.61 Å². The molecule has 1 aromatic rings. The standard InChI is InChI=1S/C10H19N5O/c1-7-3-4-16-10(7)9(12-11)5-8-6-15(2)14-13-8/h6-7,9-10,12H,3-5,11H2,1-2H3. The number of rotatable bonds is 4. The third-order valence-electron chi connectivity index (χ3n) is 3.13. The molecule has 1 saturated heterocycles. The predicted molar refractivity (Wildman–Crippen MR) is 59.3 cm³/mol. The summed E-state index contributed by atoms with van der Waals surface area (Å²) in [7, 11) is 1.86. The lowest BCUT2D eigenvalue weighted by atomic mass is 9.95. The Labute approximate surface area is 95.1 Å². The topological polar surface area (TPSA) is 78.0 Å². The lowest BCUT2D eigenvalue weighted by Crippen LogP contribution is -2.47. The molecule has 1 aliphatic heterocycles. The number of ether oxygens (including phenoxy) is 1. The van der Waals surface area contributed by atoms with Gasteiger partial charge in [-0.05, 0) is 12.3 Å². The van der Waals surface area contributed by atoms with E-state index in [1.807, 2.05) is 13.2 Å². The molecule has 16 heavy (non-hydrogen) atoms. The minimum atomic E-state index is 0.106. The summed E-state index contributed by atoms with van der Waals surface area (Å²) in [4.78, 5) is 0. The van der Waals surface area contributed by atoms with Crippen LogP contribution in [0.15, 0.2) is 6.20 Å². The predicted octanol–water partition coefficient (Wildman–Crippen LogP) is -0.385. The van der Waals surface area contributed by atoms with Gasteiger partial charge in [0, 0.05) is 26.3 Å². The summed E-state index contributed by atoms with van der Waals surface area (Å²) in [5, 5.41) is 7.97. The number of nitrogens with one attached hydrogen (secondary N) is 1. The molecule has 0 aliphatic carbocycles. The first kappa shape index (κ1) is 11.5. The van der Waals surface area contributed by atoms with E-state index in [-0.39, 0.29) is 12.1 Å². The Morgan fingerprint density at radius 3 is 3.06 bits per heavy atom. The summed E-state index contributed by atoms with van der Waals surface area (Å²) in [6.45, 7) is 3.02. The fourth-order valence-corrected chi connectivity index (χ4v) is 2.22. The zero-order valence-corrected chi connectivity index (χ0v) is 9.76. The van der Waals surface area contributed by atoms with Crippen molar-refractivity contribution in [3.63, 3.8) is 0 Å². The number of hydrazine groups is 1. The smallest absolute Gasteiger partial charge is 0.0844 e. The first-order valence-electron chi connectivity index (χ1n) is 5.63. The molecule has 1 aromatic heterocycles. The molecule has 3 unspecified atom stereocenters. The molecule has 3 atom stereocenters. The first-order valence-corrected chi connectivity index (χ1v) is 5.63. The molecule has 2 heterocycles. The summed E-state index contributed by atoms with van der Waals surface area (Å²) in [5.74, 6) is 6.12. The Morgan fingerprint density at radius 1 is 1.75 bits per heavy atom. The second-order valence-corrected chi connectivity index (χ2v) is 4.46. The molecule has 0 bridgehead atoms. The van der Waals surface area contributed by atoms with Crippen LogP contribution in [0, 0.1) is 5.92 Å². The zero-order chi connectivity index (χ0) is 11.5. The highest BCUT2D eigenvalue weighted by atomic mass is 16.5. The van der Waals surface area contributed by atoms with Gasteiger partial charge in [0.15, 0.2) is 0 Å². The highest BCUT2D eigenvalue weighted by molar-refractivity contribution is 4.98. The SMILES string of the molecule is CC1CCOC1C(Cc1cn(C)nn1)NN. The van der Waals surface area contributed by atoms with Crippen molar-refractivity contribution in [1.29, 1.82) is 0 Å². The highest BCUT2D eigenvalue weighted by Crippen LogP contribution is 2.23. The Bertz CT molecular complexity index is 340. The maximum atomic E-state index is 5.70. The first-order chi connectivity index (χ1) is 7.70. The van der Waals surface area contributed by atoms with Crippen molar-refractivity contribution in [2.24, 2.45) is 18.8 Å². The minimum absolute atomic E-state index is 0.106. The lowest BCUT2D eigenvalue weighted by Gasteiger charge is -2.24. The number of aryl methyl sites for hydroxylation is 1. The van der Waals surface area contributed by atoms with Gasteiger partial charge in [0.25, 0.3) is 0 Å². The summed E-state index contributed by atoms with van der Waals surface area (Å²) in [6.07, 6.45) is 3.93. The second kappa shape index (κ2) is 4.90. The van der Waals surface area contributed by atoms with E-state index in [0.717, 1.165) is 25.1 Å². The average molecular weight is 225 g/mol. The minimum Gasteiger partial charge on any atom is -0.376 e. The van der Waals surface area contributed by atoms with Gasteiger partial charge < -0.3 is 4.74 Å². The van der Waals surface area contributed by atoms with Gasteiger partial charge in [0.2, 0.25) is 0 Å². The van der Waals surface area contributed by atoms with Gasteiger partial charge in [0.1, 0.15) is 0 Å². The van der Waals surface area contributed by atoms with E-state index < -0.39 is 0 Å². The van der Waals surface area contributed by atoms with E-state index >= 15 is 0 Å².